The average Bonchev–Trinajstić information content (AvgIpc) is 2.43. The van der Waals surface area contributed by atoms with Gasteiger partial charge in [-0.05, 0) is 37.6 Å². The molecule has 5 nitrogen and oxygen atoms in total. The Kier molecular flexibility index (Phi) is 4.31. The number of anilines is 3. The van der Waals surface area contributed by atoms with Gasteiger partial charge in [-0.2, -0.15) is 0 Å². The van der Waals surface area contributed by atoms with Gasteiger partial charge >= 0.3 is 0 Å². The minimum Gasteiger partial charge on any atom is -0.496 e. The number of aromatic nitrogens is 2. The van der Waals surface area contributed by atoms with Gasteiger partial charge in [-0.25, -0.2) is 9.97 Å². The number of benzene rings is 1. The molecule has 2 rings (SSSR count). The smallest absolute Gasteiger partial charge is 0.139 e. The Labute approximate surface area is 125 Å². The van der Waals surface area contributed by atoms with E-state index in [1.165, 1.54) is 0 Å². The summed E-state index contributed by atoms with van der Waals surface area (Å²) >= 11 is 0. The van der Waals surface area contributed by atoms with Gasteiger partial charge in [0.1, 0.15) is 23.2 Å². The predicted octanol–water partition coefficient (Wildman–Crippen LogP) is 3.55. The Balaban J connectivity index is 2.37. The van der Waals surface area contributed by atoms with Gasteiger partial charge in [0.2, 0.25) is 0 Å². The Morgan fingerprint density at radius 3 is 2.48 bits per heavy atom. The Morgan fingerprint density at radius 2 is 1.90 bits per heavy atom. The third kappa shape index (κ3) is 3.24. The van der Waals surface area contributed by atoms with Crippen molar-refractivity contribution in [1.82, 2.24) is 9.97 Å². The quantitative estimate of drug-likeness (QED) is 0.899. The summed E-state index contributed by atoms with van der Waals surface area (Å²) in [6, 6.07) is 5.91. The highest BCUT2D eigenvalue weighted by atomic mass is 16.5. The molecular formula is C16H22N4O. The van der Waals surface area contributed by atoms with Crippen LogP contribution in [0.2, 0.25) is 0 Å². The van der Waals surface area contributed by atoms with E-state index in [4.69, 9.17) is 10.5 Å². The number of hydrogen-bond donors (Lipinski definition) is 2. The zero-order chi connectivity index (χ0) is 15.6. The summed E-state index contributed by atoms with van der Waals surface area (Å²) in [6.45, 7) is 8.01. The molecule has 3 N–H and O–H groups in total. The zero-order valence-corrected chi connectivity index (χ0v) is 13.2. The van der Waals surface area contributed by atoms with Gasteiger partial charge in [0.15, 0.2) is 0 Å². The topological polar surface area (TPSA) is 73.1 Å². The molecule has 1 aromatic carbocycles. The summed E-state index contributed by atoms with van der Waals surface area (Å²) in [6.07, 6.45) is 0. The number of nitrogens with two attached hydrogens (primary N) is 1. The number of nitrogen functional groups attached to an aromatic ring is 1. The van der Waals surface area contributed by atoms with E-state index in [1.807, 2.05) is 45.9 Å². The van der Waals surface area contributed by atoms with Crippen molar-refractivity contribution in [3.63, 3.8) is 0 Å². The van der Waals surface area contributed by atoms with Crippen LogP contribution in [-0.4, -0.2) is 17.1 Å². The summed E-state index contributed by atoms with van der Waals surface area (Å²) in [5, 5.41) is 3.31. The highest BCUT2D eigenvalue weighted by Gasteiger charge is 2.12. The summed E-state index contributed by atoms with van der Waals surface area (Å²) in [4.78, 5) is 8.89. The average molecular weight is 286 g/mol. The van der Waals surface area contributed by atoms with Crippen LogP contribution in [-0.2, 0) is 0 Å². The van der Waals surface area contributed by atoms with Crippen LogP contribution >= 0.6 is 0 Å². The molecule has 5 heteroatoms. The first-order chi connectivity index (χ1) is 9.92. The summed E-state index contributed by atoms with van der Waals surface area (Å²) in [5.41, 5.74) is 8.84. The molecule has 0 bridgehead atoms. The fraction of sp³-hybridized carbons (Fsp3) is 0.375. The van der Waals surface area contributed by atoms with E-state index in [1.54, 1.807) is 7.11 Å². The van der Waals surface area contributed by atoms with Gasteiger partial charge < -0.3 is 15.8 Å². The van der Waals surface area contributed by atoms with Crippen molar-refractivity contribution >= 4 is 17.3 Å². The van der Waals surface area contributed by atoms with E-state index in [9.17, 15) is 0 Å². The summed E-state index contributed by atoms with van der Waals surface area (Å²) in [5.74, 6) is 3.09. The first kappa shape index (κ1) is 15.1. The van der Waals surface area contributed by atoms with Crippen LogP contribution in [0.25, 0.3) is 0 Å². The molecule has 0 aliphatic rings. The van der Waals surface area contributed by atoms with Crippen molar-refractivity contribution in [2.45, 2.75) is 33.6 Å². The number of methoxy groups -OCH3 is 1. The monoisotopic (exact) mass is 286 g/mol. The lowest BCUT2D eigenvalue weighted by Gasteiger charge is -2.14. The maximum absolute atomic E-state index is 5.98. The number of aryl methyl sites for hydroxylation is 1. The standard InChI is InChI=1S/C16H22N4O/c1-9(2)15-19-14(17)11(4)16(20-15)18-12-6-7-13(21-5)10(3)8-12/h6-9H,1-5H3,(H3,17,18,19,20). The maximum atomic E-state index is 5.98. The Bertz CT molecular complexity index is 653. The molecule has 0 radical (unpaired) electrons. The van der Waals surface area contributed by atoms with E-state index >= 15 is 0 Å². The fourth-order valence-corrected chi connectivity index (χ4v) is 2.02. The molecule has 0 amide bonds. The molecule has 0 saturated carbocycles. The number of nitrogens with one attached hydrogen (secondary N) is 1. The van der Waals surface area contributed by atoms with Crippen molar-refractivity contribution in [1.29, 1.82) is 0 Å². The van der Waals surface area contributed by atoms with Gasteiger partial charge in [0.25, 0.3) is 0 Å². The summed E-state index contributed by atoms with van der Waals surface area (Å²) < 4.78 is 5.27. The maximum Gasteiger partial charge on any atom is 0.139 e. The van der Waals surface area contributed by atoms with Crippen LogP contribution < -0.4 is 15.8 Å². The minimum atomic E-state index is 0.228. The molecule has 0 saturated heterocycles. The molecule has 0 atom stereocenters. The van der Waals surface area contributed by atoms with E-state index in [0.717, 1.165) is 34.2 Å². The molecule has 112 valence electrons. The van der Waals surface area contributed by atoms with E-state index in [-0.39, 0.29) is 5.92 Å². The molecule has 0 spiro atoms. The summed E-state index contributed by atoms with van der Waals surface area (Å²) in [7, 11) is 1.67. The van der Waals surface area contributed by atoms with Crippen LogP contribution in [0, 0.1) is 13.8 Å². The minimum absolute atomic E-state index is 0.228. The molecule has 0 aliphatic carbocycles. The van der Waals surface area contributed by atoms with Gasteiger partial charge in [-0.3, -0.25) is 0 Å². The second-order valence-corrected chi connectivity index (χ2v) is 5.40. The van der Waals surface area contributed by atoms with Crippen LogP contribution in [0.15, 0.2) is 18.2 Å². The number of hydrogen-bond acceptors (Lipinski definition) is 5. The fourth-order valence-electron chi connectivity index (χ4n) is 2.02. The predicted molar refractivity (Wildman–Crippen MR) is 86.3 cm³/mol. The zero-order valence-electron chi connectivity index (χ0n) is 13.2. The van der Waals surface area contributed by atoms with Gasteiger partial charge in [0.05, 0.1) is 7.11 Å². The number of ether oxygens (including phenoxy) is 1. The molecule has 1 heterocycles. The van der Waals surface area contributed by atoms with Gasteiger partial charge in [-0.1, -0.05) is 13.8 Å². The highest BCUT2D eigenvalue weighted by molar-refractivity contribution is 5.65. The normalized spacial score (nSPS) is 10.8. The molecule has 2 aromatic rings. The SMILES string of the molecule is COc1ccc(Nc2nc(C(C)C)nc(N)c2C)cc1C. The lowest BCUT2D eigenvalue weighted by atomic mass is 10.2. The van der Waals surface area contributed by atoms with Gasteiger partial charge in [0, 0.05) is 17.2 Å². The highest BCUT2D eigenvalue weighted by Crippen LogP contribution is 2.27. The number of nitrogens with zero attached hydrogens (tertiary/aromatic N) is 2. The Morgan fingerprint density at radius 1 is 1.19 bits per heavy atom. The van der Waals surface area contributed by atoms with Crippen molar-refractivity contribution in [2.75, 3.05) is 18.2 Å². The molecule has 1 aromatic heterocycles. The van der Waals surface area contributed by atoms with Crippen LogP contribution in [0.4, 0.5) is 17.3 Å². The largest absolute Gasteiger partial charge is 0.496 e. The van der Waals surface area contributed by atoms with Crippen LogP contribution in [0.5, 0.6) is 5.75 Å². The second kappa shape index (κ2) is 5.99. The van der Waals surface area contributed by atoms with Crippen molar-refractivity contribution in [3.8, 4) is 5.75 Å². The van der Waals surface area contributed by atoms with Crippen LogP contribution in [0.1, 0.15) is 36.7 Å². The van der Waals surface area contributed by atoms with Crippen LogP contribution in [0.3, 0.4) is 0 Å². The van der Waals surface area contributed by atoms with Gasteiger partial charge in [-0.15, -0.1) is 0 Å². The van der Waals surface area contributed by atoms with E-state index < -0.39 is 0 Å². The van der Waals surface area contributed by atoms with E-state index in [0.29, 0.717) is 5.82 Å². The number of rotatable bonds is 4. The first-order valence-electron chi connectivity index (χ1n) is 6.98. The first-order valence-corrected chi connectivity index (χ1v) is 6.98. The van der Waals surface area contributed by atoms with Crippen molar-refractivity contribution in [2.24, 2.45) is 0 Å². The molecule has 21 heavy (non-hydrogen) atoms. The third-order valence-electron chi connectivity index (χ3n) is 3.37. The molecule has 0 aliphatic heterocycles. The second-order valence-electron chi connectivity index (χ2n) is 5.40. The van der Waals surface area contributed by atoms with Crippen molar-refractivity contribution in [3.05, 3.63) is 35.2 Å². The van der Waals surface area contributed by atoms with E-state index in [2.05, 4.69) is 15.3 Å². The Hall–Kier alpha value is -2.30. The van der Waals surface area contributed by atoms with Crippen molar-refractivity contribution < 1.29 is 4.74 Å². The molecule has 0 fully saturated rings. The lowest BCUT2D eigenvalue weighted by molar-refractivity contribution is 0.412. The molecular weight excluding hydrogens is 264 g/mol. The molecule has 0 unspecified atom stereocenters. The third-order valence-corrected chi connectivity index (χ3v) is 3.37. The lowest BCUT2D eigenvalue weighted by Crippen LogP contribution is -2.08.